The Bertz CT molecular complexity index is 122. The standard InChI is InChI=1S/C3H6N2O2S/c1-4-2-3(8)5(6)7/h2,4,8H,1H3/b3-2-. The van der Waals surface area contributed by atoms with E-state index in [1.807, 2.05) is 0 Å². The Morgan fingerprint density at radius 2 is 2.50 bits per heavy atom. The predicted molar refractivity (Wildman–Crippen MR) is 33.1 cm³/mol. The van der Waals surface area contributed by atoms with E-state index in [2.05, 4.69) is 17.9 Å². The third kappa shape index (κ3) is 2.46. The molecule has 0 unspecified atom stereocenters. The number of thiol groups is 1. The van der Waals surface area contributed by atoms with Crippen LogP contribution < -0.4 is 5.32 Å². The van der Waals surface area contributed by atoms with E-state index in [-0.39, 0.29) is 5.03 Å². The Kier molecular flexibility index (Phi) is 3.02. The van der Waals surface area contributed by atoms with Crippen molar-refractivity contribution in [3.05, 3.63) is 21.3 Å². The molecule has 0 fully saturated rings. The summed E-state index contributed by atoms with van der Waals surface area (Å²) >= 11 is 3.50. The lowest BCUT2D eigenvalue weighted by atomic mass is 10.9. The molecule has 46 valence electrons. The molecule has 0 amide bonds. The van der Waals surface area contributed by atoms with Crippen LogP contribution >= 0.6 is 12.6 Å². The number of nitro groups is 1. The fourth-order valence-electron chi connectivity index (χ4n) is 0.182. The lowest BCUT2D eigenvalue weighted by Gasteiger charge is -1.85. The second-order valence-corrected chi connectivity index (χ2v) is 1.51. The molecule has 5 heteroatoms. The van der Waals surface area contributed by atoms with Gasteiger partial charge in [-0.05, 0) is 0 Å². The molecule has 0 aliphatic carbocycles. The van der Waals surface area contributed by atoms with Gasteiger partial charge in [0.05, 0.1) is 11.1 Å². The van der Waals surface area contributed by atoms with Gasteiger partial charge < -0.3 is 5.32 Å². The molecule has 1 N–H and O–H groups in total. The van der Waals surface area contributed by atoms with Crippen LogP contribution in [0, 0.1) is 10.1 Å². The zero-order valence-electron chi connectivity index (χ0n) is 4.29. The summed E-state index contributed by atoms with van der Waals surface area (Å²) in [7, 11) is 1.57. The first-order chi connectivity index (χ1) is 3.68. The summed E-state index contributed by atoms with van der Waals surface area (Å²) in [6, 6.07) is 0. The molecule has 0 aromatic carbocycles. The van der Waals surface area contributed by atoms with Crippen molar-refractivity contribution in [2.75, 3.05) is 7.05 Å². The smallest absolute Gasteiger partial charge is 0.315 e. The SMILES string of the molecule is CN/C=C(\S)[N+](=O)[O-]. The number of hydrogen-bond acceptors (Lipinski definition) is 4. The Morgan fingerprint density at radius 3 is 2.62 bits per heavy atom. The molecule has 0 aliphatic rings. The molecule has 8 heavy (non-hydrogen) atoms. The molecular weight excluding hydrogens is 128 g/mol. The van der Waals surface area contributed by atoms with Gasteiger partial charge in [-0.3, -0.25) is 10.1 Å². The van der Waals surface area contributed by atoms with Gasteiger partial charge in [-0.25, -0.2) is 0 Å². The van der Waals surface area contributed by atoms with E-state index in [4.69, 9.17) is 0 Å². The summed E-state index contributed by atoms with van der Waals surface area (Å²) in [5, 5.41) is 12.0. The Balaban J connectivity index is 3.80. The Morgan fingerprint density at radius 1 is 2.00 bits per heavy atom. The summed E-state index contributed by atoms with van der Waals surface area (Å²) < 4.78 is 0. The molecular formula is C3H6N2O2S. The number of nitrogens with zero attached hydrogens (tertiary/aromatic N) is 1. The fraction of sp³-hybridized carbons (Fsp3) is 0.333. The topological polar surface area (TPSA) is 55.2 Å². The summed E-state index contributed by atoms with van der Waals surface area (Å²) in [5.41, 5.74) is 0. The van der Waals surface area contributed by atoms with Crippen molar-refractivity contribution in [2.45, 2.75) is 0 Å². The number of hydrogen-bond donors (Lipinski definition) is 2. The van der Waals surface area contributed by atoms with Gasteiger partial charge in [0, 0.05) is 7.05 Å². The predicted octanol–water partition coefficient (Wildman–Crippen LogP) is 0.211. The molecule has 0 spiro atoms. The molecule has 4 nitrogen and oxygen atoms in total. The maximum absolute atomic E-state index is 9.71. The monoisotopic (exact) mass is 134 g/mol. The highest BCUT2D eigenvalue weighted by atomic mass is 32.1. The van der Waals surface area contributed by atoms with E-state index < -0.39 is 4.92 Å². The van der Waals surface area contributed by atoms with Gasteiger partial charge in [0.25, 0.3) is 0 Å². The Labute approximate surface area is 52.1 Å². The lowest BCUT2D eigenvalue weighted by Crippen LogP contribution is -1.99. The van der Waals surface area contributed by atoms with Crippen molar-refractivity contribution in [2.24, 2.45) is 0 Å². The van der Waals surface area contributed by atoms with Gasteiger partial charge in [-0.15, -0.1) is 0 Å². The molecule has 0 rings (SSSR count). The summed E-state index contributed by atoms with van der Waals surface area (Å²) in [6.07, 6.45) is 1.20. The van der Waals surface area contributed by atoms with Crippen LogP contribution in [0.15, 0.2) is 11.2 Å². The highest BCUT2D eigenvalue weighted by Gasteiger charge is 1.98. The highest BCUT2D eigenvalue weighted by Crippen LogP contribution is 1.96. The highest BCUT2D eigenvalue weighted by molar-refractivity contribution is 7.84. The Hall–Kier alpha value is -0.710. The second kappa shape index (κ2) is 3.31. The van der Waals surface area contributed by atoms with Crippen LogP contribution in [0.25, 0.3) is 0 Å². The van der Waals surface area contributed by atoms with E-state index >= 15 is 0 Å². The van der Waals surface area contributed by atoms with E-state index in [1.165, 1.54) is 6.20 Å². The van der Waals surface area contributed by atoms with Crippen molar-refractivity contribution in [3.8, 4) is 0 Å². The van der Waals surface area contributed by atoms with Crippen molar-refractivity contribution in [1.29, 1.82) is 0 Å². The molecule has 0 saturated carbocycles. The third-order valence-corrected chi connectivity index (χ3v) is 0.753. The zero-order valence-corrected chi connectivity index (χ0v) is 5.18. The van der Waals surface area contributed by atoms with Crippen LogP contribution in [0.3, 0.4) is 0 Å². The minimum atomic E-state index is -0.584. The van der Waals surface area contributed by atoms with Gasteiger partial charge in [-0.1, -0.05) is 12.6 Å². The summed E-state index contributed by atoms with van der Waals surface area (Å²) in [6.45, 7) is 0. The van der Waals surface area contributed by atoms with E-state index in [1.54, 1.807) is 7.05 Å². The van der Waals surface area contributed by atoms with Crippen molar-refractivity contribution in [3.63, 3.8) is 0 Å². The summed E-state index contributed by atoms with van der Waals surface area (Å²) in [5.74, 6) is 0. The van der Waals surface area contributed by atoms with Crippen LogP contribution in [-0.2, 0) is 0 Å². The van der Waals surface area contributed by atoms with E-state index in [0.717, 1.165) is 0 Å². The second-order valence-electron chi connectivity index (χ2n) is 1.05. The molecule has 0 aromatic rings. The first-order valence-electron chi connectivity index (χ1n) is 1.89. The number of rotatable bonds is 2. The van der Waals surface area contributed by atoms with Gasteiger partial charge >= 0.3 is 5.03 Å². The number of nitrogens with one attached hydrogen (secondary N) is 1. The first-order valence-corrected chi connectivity index (χ1v) is 2.34. The largest absolute Gasteiger partial charge is 0.388 e. The quantitative estimate of drug-likeness (QED) is 0.322. The molecule has 0 atom stereocenters. The average molecular weight is 134 g/mol. The fourth-order valence-corrected chi connectivity index (χ4v) is 0.311. The molecule has 0 aromatic heterocycles. The maximum Gasteiger partial charge on any atom is 0.315 e. The van der Waals surface area contributed by atoms with E-state index in [0.29, 0.717) is 0 Å². The molecule has 0 aliphatic heterocycles. The van der Waals surface area contributed by atoms with Crippen LogP contribution in [-0.4, -0.2) is 12.0 Å². The van der Waals surface area contributed by atoms with Gasteiger partial charge in [0.15, 0.2) is 0 Å². The lowest BCUT2D eigenvalue weighted by molar-refractivity contribution is -0.410. The third-order valence-electron chi connectivity index (χ3n) is 0.460. The molecule has 0 radical (unpaired) electrons. The van der Waals surface area contributed by atoms with Gasteiger partial charge in [-0.2, -0.15) is 0 Å². The minimum absolute atomic E-state index is 0.187. The average Bonchev–Trinajstić information content (AvgIpc) is 1.67. The molecule has 0 heterocycles. The molecule has 0 saturated heterocycles. The zero-order chi connectivity index (χ0) is 6.57. The minimum Gasteiger partial charge on any atom is -0.388 e. The first kappa shape index (κ1) is 7.29. The van der Waals surface area contributed by atoms with E-state index in [9.17, 15) is 10.1 Å². The van der Waals surface area contributed by atoms with Crippen LogP contribution in [0.2, 0.25) is 0 Å². The van der Waals surface area contributed by atoms with Crippen LogP contribution in [0.5, 0.6) is 0 Å². The van der Waals surface area contributed by atoms with Crippen molar-refractivity contribution < 1.29 is 4.92 Å². The van der Waals surface area contributed by atoms with Crippen molar-refractivity contribution >= 4 is 12.6 Å². The van der Waals surface area contributed by atoms with Crippen LogP contribution in [0.1, 0.15) is 0 Å². The summed E-state index contributed by atoms with van der Waals surface area (Å²) in [4.78, 5) is 9.13. The molecule has 0 bridgehead atoms. The van der Waals surface area contributed by atoms with Crippen LogP contribution in [0.4, 0.5) is 0 Å². The normalized spacial score (nSPS) is 11.0. The maximum atomic E-state index is 9.71. The van der Waals surface area contributed by atoms with Gasteiger partial charge in [0.2, 0.25) is 0 Å². The van der Waals surface area contributed by atoms with Gasteiger partial charge in [0.1, 0.15) is 0 Å². The van der Waals surface area contributed by atoms with Crippen molar-refractivity contribution in [1.82, 2.24) is 5.32 Å².